The lowest BCUT2D eigenvalue weighted by Gasteiger charge is -2.33. The van der Waals surface area contributed by atoms with Crippen LogP contribution in [0.5, 0.6) is 0 Å². The first-order chi connectivity index (χ1) is 11.2. The summed E-state index contributed by atoms with van der Waals surface area (Å²) in [6.07, 6.45) is 4.11. The molecule has 0 spiro atoms. The van der Waals surface area contributed by atoms with Gasteiger partial charge in [0.05, 0.1) is 12.4 Å². The fourth-order valence-corrected chi connectivity index (χ4v) is 2.61. The SMILES string of the molecule is CCN1CCN(Cc2ccc(Nc3ncc(F)cn3)nc2)CC1. The highest BCUT2D eigenvalue weighted by molar-refractivity contribution is 5.47. The van der Waals surface area contributed by atoms with E-state index in [0.717, 1.165) is 51.7 Å². The molecule has 1 aliphatic heterocycles. The van der Waals surface area contributed by atoms with Crippen LogP contribution in [0.4, 0.5) is 16.2 Å². The van der Waals surface area contributed by atoms with Crippen LogP contribution in [-0.2, 0) is 6.54 Å². The third-order valence-electron chi connectivity index (χ3n) is 4.00. The maximum Gasteiger partial charge on any atom is 0.228 e. The van der Waals surface area contributed by atoms with Gasteiger partial charge in [-0.05, 0) is 18.2 Å². The summed E-state index contributed by atoms with van der Waals surface area (Å²) >= 11 is 0. The Hall–Kier alpha value is -2.12. The highest BCUT2D eigenvalue weighted by Crippen LogP contribution is 2.12. The zero-order chi connectivity index (χ0) is 16.1. The first-order valence-electron chi connectivity index (χ1n) is 7.87. The number of hydrogen-bond acceptors (Lipinski definition) is 6. The first kappa shape index (κ1) is 15.8. The molecule has 1 aliphatic rings. The van der Waals surface area contributed by atoms with E-state index in [1.807, 2.05) is 18.3 Å². The molecule has 0 aromatic carbocycles. The normalized spacial score (nSPS) is 16.4. The van der Waals surface area contributed by atoms with Crippen LogP contribution < -0.4 is 5.32 Å². The average Bonchev–Trinajstić information content (AvgIpc) is 2.59. The molecule has 7 heteroatoms. The number of nitrogens with zero attached hydrogens (tertiary/aromatic N) is 5. The van der Waals surface area contributed by atoms with Crippen molar-refractivity contribution in [3.8, 4) is 0 Å². The van der Waals surface area contributed by atoms with E-state index in [1.165, 1.54) is 5.56 Å². The van der Waals surface area contributed by atoms with Crippen molar-refractivity contribution >= 4 is 11.8 Å². The number of likely N-dealkylation sites (N-methyl/N-ethyl adjacent to an activating group) is 1. The van der Waals surface area contributed by atoms with E-state index < -0.39 is 5.82 Å². The number of piperazine rings is 1. The standard InChI is InChI=1S/C16H21FN6/c1-2-22-5-7-23(8-6-22)12-13-3-4-15(18-9-13)21-16-19-10-14(17)11-20-16/h3-4,9-11H,2,5-8,12H2,1H3,(H,18,19,20,21). The van der Waals surface area contributed by atoms with Crippen molar-refractivity contribution in [2.75, 3.05) is 38.0 Å². The van der Waals surface area contributed by atoms with Gasteiger partial charge in [-0.15, -0.1) is 0 Å². The monoisotopic (exact) mass is 316 g/mol. The van der Waals surface area contributed by atoms with E-state index in [4.69, 9.17) is 0 Å². The Balaban J connectivity index is 1.54. The quantitative estimate of drug-likeness (QED) is 0.909. The predicted molar refractivity (Wildman–Crippen MR) is 86.9 cm³/mol. The van der Waals surface area contributed by atoms with Gasteiger partial charge in [-0.1, -0.05) is 13.0 Å². The highest BCUT2D eigenvalue weighted by Gasteiger charge is 2.15. The Kier molecular flexibility index (Phi) is 5.09. The van der Waals surface area contributed by atoms with E-state index in [9.17, 15) is 4.39 Å². The average molecular weight is 316 g/mol. The van der Waals surface area contributed by atoms with E-state index in [1.54, 1.807) is 0 Å². The van der Waals surface area contributed by atoms with Crippen molar-refractivity contribution < 1.29 is 4.39 Å². The Bertz CT molecular complexity index is 607. The summed E-state index contributed by atoms with van der Waals surface area (Å²) in [5.41, 5.74) is 1.18. The second-order valence-electron chi connectivity index (χ2n) is 5.61. The summed E-state index contributed by atoms with van der Waals surface area (Å²) in [6.45, 7) is 8.70. The number of pyridine rings is 1. The van der Waals surface area contributed by atoms with E-state index in [0.29, 0.717) is 11.8 Å². The highest BCUT2D eigenvalue weighted by atomic mass is 19.1. The smallest absolute Gasteiger partial charge is 0.228 e. The van der Waals surface area contributed by atoms with E-state index in [2.05, 4.69) is 37.0 Å². The summed E-state index contributed by atoms with van der Waals surface area (Å²) in [5, 5.41) is 2.96. The number of hydrogen-bond donors (Lipinski definition) is 1. The molecule has 1 fully saturated rings. The molecular weight excluding hydrogens is 295 g/mol. The Morgan fingerprint density at radius 2 is 1.70 bits per heavy atom. The topological polar surface area (TPSA) is 57.2 Å². The third kappa shape index (κ3) is 4.43. The van der Waals surface area contributed by atoms with Crippen LogP contribution in [0.1, 0.15) is 12.5 Å². The Labute approximate surface area is 135 Å². The van der Waals surface area contributed by atoms with Gasteiger partial charge in [0.2, 0.25) is 5.95 Å². The Morgan fingerprint density at radius 3 is 2.30 bits per heavy atom. The van der Waals surface area contributed by atoms with Crippen LogP contribution in [-0.4, -0.2) is 57.5 Å². The molecule has 6 nitrogen and oxygen atoms in total. The molecule has 23 heavy (non-hydrogen) atoms. The zero-order valence-electron chi connectivity index (χ0n) is 13.2. The van der Waals surface area contributed by atoms with Gasteiger partial charge in [0.15, 0.2) is 5.82 Å². The van der Waals surface area contributed by atoms with Crippen molar-refractivity contribution in [3.05, 3.63) is 42.1 Å². The van der Waals surface area contributed by atoms with Crippen molar-refractivity contribution in [2.24, 2.45) is 0 Å². The minimum absolute atomic E-state index is 0.335. The minimum Gasteiger partial charge on any atom is -0.309 e. The largest absolute Gasteiger partial charge is 0.309 e. The van der Waals surface area contributed by atoms with Gasteiger partial charge in [0.1, 0.15) is 5.82 Å². The van der Waals surface area contributed by atoms with Crippen LogP contribution in [0.2, 0.25) is 0 Å². The van der Waals surface area contributed by atoms with Gasteiger partial charge in [-0.3, -0.25) is 4.90 Å². The van der Waals surface area contributed by atoms with E-state index >= 15 is 0 Å². The molecule has 3 heterocycles. The molecule has 1 N–H and O–H groups in total. The molecule has 2 aromatic heterocycles. The fourth-order valence-electron chi connectivity index (χ4n) is 2.61. The molecule has 3 rings (SSSR count). The lowest BCUT2D eigenvalue weighted by atomic mass is 10.2. The van der Waals surface area contributed by atoms with Crippen molar-refractivity contribution in [2.45, 2.75) is 13.5 Å². The van der Waals surface area contributed by atoms with Gasteiger partial charge < -0.3 is 10.2 Å². The summed E-state index contributed by atoms with van der Waals surface area (Å²) in [4.78, 5) is 17.0. The summed E-state index contributed by atoms with van der Waals surface area (Å²) < 4.78 is 12.8. The lowest BCUT2D eigenvalue weighted by Crippen LogP contribution is -2.45. The van der Waals surface area contributed by atoms with Crippen LogP contribution in [0, 0.1) is 5.82 Å². The molecule has 2 aromatic rings. The summed E-state index contributed by atoms with van der Waals surface area (Å²) in [6, 6.07) is 3.94. The number of nitrogens with one attached hydrogen (secondary N) is 1. The zero-order valence-corrected chi connectivity index (χ0v) is 13.2. The number of rotatable bonds is 5. The van der Waals surface area contributed by atoms with Crippen LogP contribution in [0.15, 0.2) is 30.7 Å². The van der Waals surface area contributed by atoms with Crippen LogP contribution >= 0.6 is 0 Å². The number of halogens is 1. The predicted octanol–water partition coefficient (Wildman–Crippen LogP) is 1.89. The summed E-state index contributed by atoms with van der Waals surface area (Å²) in [7, 11) is 0. The van der Waals surface area contributed by atoms with Crippen LogP contribution in [0.3, 0.4) is 0 Å². The van der Waals surface area contributed by atoms with Crippen LogP contribution in [0.25, 0.3) is 0 Å². The van der Waals surface area contributed by atoms with Gasteiger partial charge in [0, 0.05) is 38.9 Å². The number of aromatic nitrogens is 3. The molecule has 0 amide bonds. The molecule has 0 bridgehead atoms. The number of anilines is 2. The Morgan fingerprint density at radius 1 is 1.00 bits per heavy atom. The second kappa shape index (κ2) is 7.43. The molecule has 0 unspecified atom stereocenters. The fraction of sp³-hybridized carbons (Fsp3) is 0.438. The molecular formula is C16H21FN6. The lowest BCUT2D eigenvalue weighted by molar-refractivity contribution is 0.132. The minimum atomic E-state index is -0.456. The van der Waals surface area contributed by atoms with Gasteiger partial charge >= 0.3 is 0 Å². The second-order valence-corrected chi connectivity index (χ2v) is 5.61. The van der Waals surface area contributed by atoms with E-state index in [-0.39, 0.29) is 0 Å². The van der Waals surface area contributed by atoms with Crippen molar-refractivity contribution in [1.29, 1.82) is 0 Å². The third-order valence-corrected chi connectivity index (χ3v) is 4.00. The maximum absolute atomic E-state index is 12.8. The van der Waals surface area contributed by atoms with Crippen molar-refractivity contribution in [1.82, 2.24) is 24.8 Å². The molecule has 0 radical (unpaired) electrons. The van der Waals surface area contributed by atoms with Gasteiger partial charge in [-0.25, -0.2) is 19.3 Å². The first-order valence-corrected chi connectivity index (χ1v) is 7.87. The maximum atomic E-state index is 12.8. The summed E-state index contributed by atoms with van der Waals surface area (Å²) in [5.74, 6) is 0.528. The van der Waals surface area contributed by atoms with Gasteiger partial charge in [0.25, 0.3) is 0 Å². The van der Waals surface area contributed by atoms with Gasteiger partial charge in [-0.2, -0.15) is 0 Å². The van der Waals surface area contributed by atoms with Crippen molar-refractivity contribution in [3.63, 3.8) is 0 Å². The molecule has 0 aliphatic carbocycles. The molecule has 0 saturated carbocycles. The molecule has 1 saturated heterocycles. The molecule has 0 atom stereocenters. The molecule has 122 valence electrons.